The Kier molecular flexibility index (Phi) is 9.58. The predicted molar refractivity (Wildman–Crippen MR) is 144 cm³/mol. The molecule has 0 aliphatic carbocycles. The van der Waals surface area contributed by atoms with Crippen LogP contribution in [0.2, 0.25) is 5.02 Å². The van der Waals surface area contributed by atoms with Crippen molar-refractivity contribution in [1.29, 1.82) is 0 Å². The molecule has 0 radical (unpaired) electrons. The number of benzene rings is 2. The molecule has 0 bridgehead atoms. The number of likely N-dealkylation sites (tertiary alicyclic amines) is 1. The lowest BCUT2D eigenvalue weighted by atomic mass is 9.93. The number of hydrogen-bond acceptors (Lipinski definition) is 4. The van der Waals surface area contributed by atoms with E-state index < -0.39 is 21.7 Å². The lowest BCUT2D eigenvalue weighted by molar-refractivity contribution is -0.130. The Bertz CT molecular complexity index is 1250. The van der Waals surface area contributed by atoms with Crippen LogP contribution in [0.15, 0.2) is 29.2 Å². The number of aryl methyl sites for hydroxylation is 2. The first-order valence-electron chi connectivity index (χ1n) is 12.5. The maximum atomic E-state index is 14.9. The third kappa shape index (κ3) is 6.81. The number of nitrogens with zero attached hydrogens (tertiary/aromatic N) is 3. The number of rotatable bonds is 9. The molecule has 1 aliphatic heterocycles. The van der Waals surface area contributed by atoms with Gasteiger partial charge in [0, 0.05) is 37.6 Å². The zero-order valence-electron chi connectivity index (χ0n) is 22.2. The number of carbonyl (C=O) groups excluding carboxylic acids is 1. The van der Waals surface area contributed by atoms with Crippen LogP contribution < -0.4 is 4.31 Å². The van der Waals surface area contributed by atoms with Gasteiger partial charge in [-0.05, 0) is 101 Å². The summed E-state index contributed by atoms with van der Waals surface area (Å²) in [6.45, 7) is 6.01. The van der Waals surface area contributed by atoms with Crippen LogP contribution in [0.1, 0.15) is 42.4 Å². The number of halogens is 3. The summed E-state index contributed by atoms with van der Waals surface area (Å²) in [6.07, 6.45) is 2.91. The van der Waals surface area contributed by atoms with Crippen LogP contribution in [0.5, 0.6) is 0 Å². The smallest absolute Gasteiger partial charge is 0.264 e. The van der Waals surface area contributed by atoms with Crippen molar-refractivity contribution in [2.75, 3.05) is 45.1 Å². The number of carbonyl (C=O) groups is 1. The van der Waals surface area contributed by atoms with Gasteiger partial charge in [0.05, 0.1) is 10.6 Å². The molecule has 2 aromatic rings. The molecule has 0 aromatic heterocycles. The second kappa shape index (κ2) is 12.1. The summed E-state index contributed by atoms with van der Waals surface area (Å²) >= 11 is 6.13. The zero-order valence-corrected chi connectivity index (χ0v) is 23.7. The predicted octanol–water partition coefficient (Wildman–Crippen LogP) is 5.18. The van der Waals surface area contributed by atoms with E-state index in [1.165, 1.54) is 19.2 Å². The summed E-state index contributed by atoms with van der Waals surface area (Å²) in [7, 11) is 1.00. The number of amides is 1. The Morgan fingerprint density at radius 3 is 2.41 bits per heavy atom. The first-order chi connectivity index (χ1) is 17.3. The highest BCUT2D eigenvalue weighted by atomic mass is 35.5. The van der Waals surface area contributed by atoms with Crippen LogP contribution in [0.4, 0.5) is 14.5 Å². The third-order valence-corrected chi connectivity index (χ3v) is 9.65. The van der Waals surface area contributed by atoms with Gasteiger partial charge in [-0.3, -0.25) is 9.10 Å². The van der Waals surface area contributed by atoms with Crippen molar-refractivity contribution in [3.8, 4) is 0 Å². The van der Waals surface area contributed by atoms with Crippen molar-refractivity contribution >= 4 is 33.2 Å². The minimum Gasteiger partial charge on any atom is -0.346 e. The molecule has 0 spiro atoms. The van der Waals surface area contributed by atoms with Gasteiger partial charge in [-0.1, -0.05) is 11.6 Å². The maximum absolute atomic E-state index is 14.9. The average molecular weight is 556 g/mol. The molecular formula is C27H36ClF2N3O3S. The van der Waals surface area contributed by atoms with Gasteiger partial charge >= 0.3 is 0 Å². The summed E-state index contributed by atoms with van der Waals surface area (Å²) in [5.74, 6) is -1.87. The Labute approximate surface area is 224 Å². The Morgan fingerprint density at radius 1 is 1.11 bits per heavy atom. The first kappa shape index (κ1) is 29.3. The van der Waals surface area contributed by atoms with Gasteiger partial charge < -0.3 is 9.80 Å². The molecule has 1 amide bonds. The van der Waals surface area contributed by atoms with E-state index >= 15 is 0 Å². The van der Waals surface area contributed by atoms with Gasteiger partial charge in [-0.25, -0.2) is 17.2 Å². The topological polar surface area (TPSA) is 60.9 Å². The number of sulfonamides is 1. The number of anilines is 1. The van der Waals surface area contributed by atoms with E-state index in [1.807, 2.05) is 0 Å². The van der Waals surface area contributed by atoms with Crippen molar-refractivity contribution in [3.05, 3.63) is 57.6 Å². The van der Waals surface area contributed by atoms with E-state index in [4.69, 9.17) is 11.6 Å². The minimum atomic E-state index is -4.11. The van der Waals surface area contributed by atoms with E-state index in [9.17, 15) is 22.0 Å². The quantitative estimate of drug-likeness (QED) is 0.427. The fourth-order valence-electron chi connectivity index (χ4n) is 4.70. The molecule has 0 atom stereocenters. The molecule has 1 heterocycles. The first-order valence-corrected chi connectivity index (χ1v) is 14.3. The molecule has 1 saturated heterocycles. The van der Waals surface area contributed by atoms with Gasteiger partial charge in [0.15, 0.2) is 11.6 Å². The van der Waals surface area contributed by atoms with E-state index in [2.05, 4.69) is 11.9 Å². The van der Waals surface area contributed by atoms with Crippen molar-refractivity contribution in [1.82, 2.24) is 9.80 Å². The summed E-state index contributed by atoms with van der Waals surface area (Å²) in [6, 6.07) is 5.16. The molecule has 37 heavy (non-hydrogen) atoms. The minimum absolute atomic E-state index is 0.00678. The van der Waals surface area contributed by atoms with Crippen LogP contribution >= 0.6 is 11.6 Å². The molecule has 3 rings (SSSR count). The van der Waals surface area contributed by atoms with Gasteiger partial charge in [0.2, 0.25) is 5.91 Å². The Hall–Kier alpha value is -2.23. The second-order valence-electron chi connectivity index (χ2n) is 10.0. The van der Waals surface area contributed by atoms with Crippen molar-refractivity contribution in [3.63, 3.8) is 0 Å². The molecule has 6 nitrogen and oxygen atoms in total. The molecule has 1 fully saturated rings. The van der Waals surface area contributed by atoms with Crippen LogP contribution in [-0.4, -0.2) is 64.9 Å². The molecule has 204 valence electrons. The highest BCUT2D eigenvalue weighted by Gasteiger charge is 2.28. The molecule has 2 aromatic carbocycles. The lowest BCUT2D eigenvalue weighted by Crippen LogP contribution is -2.33. The molecule has 10 heteroatoms. The van der Waals surface area contributed by atoms with Crippen LogP contribution in [0.25, 0.3) is 0 Å². The Morgan fingerprint density at radius 2 is 1.76 bits per heavy atom. The third-order valence-electron chi connectivity index (χ3n) is 7.33. The largest absolute Gasteiger partial charge is 0.346 e. The number of hydrogen-bond donors (Lipinski definition) is 0. The van der Waals surface area contributed by atoms with E-state index in [1.54, 1.807) is 31.9 Å². The van der Waals surface area contributed by atoms with Crippen LogP contribution in [0.3, 0.4) is 0 Å². The fourth-order valence-corrected chi connectivity index (χ4v) is 6.43. The SMILES string of the molecule is Cc1cc(S(=O)(=O)N(C)c2ccc(F)c(F)c2CCC(=O)N(C)CCC2CCN(C)CC2)c(C)cc1Cl. The normalized spacial score (nSPS) is 15.1. The monoisotopic (exact) mass is 555 g/mol. The fraction of sp³-hybridized carbons (Fsp3) is 0.519. The molecule has 1 aliphatic rings. The summed E-state index contributed by atoms with van der Waals surface area (Å²) in [5, 5.41) is 0.436. The van der Waals surface area contributed by atoms with Gasteiger partial charge in [0.25, 0.3) is 10.0 Å². The highest BCUT2D eigenvalue weighted by Crippen LogP contribution is 2.32. The second-order valence-corrected chi connectivity index (χ2v) is 12.4. The standard InChI is InChI=1S/C27H36ClF2N3O3S/c1-18-17-25(19(2)16-22(18)28)37(35,36)33(5)24-8-7-23(29)27(30)21(24)6-9-26(34)32(4)15-12-20-10-13-31(3)14-11-20/h7-8,16-17,20H,6,9-15H2,1-5H3. The van der Waals surface area contributed by atoms with Crippen molar-refractivity contribution < 1.29 is 22.0 Å². The average Bonchev–Trinajstić information content (AvgIpc) is 2.85. The van der Waals surface area contributed by atoms with Crippen molar-refractivity contribution in [2.24, 2.45) is 5.92 Å². The van der Waals surface area contributed by atoms with Crippen molar-refractivity contribution in [2.45, 2.75) is 50.8 Å². The highest BCUT2D eigenvalue weighted by molar-refractivity contribution is 7.92. The summed E-state index contributed by atoms with van der Waals surface area (Å²) in [4.78, 5) is 16.7. The molecule has 0 saturated carbocycles. The van der Waals surface area contributed by atoms with E-state index in [-0.39, 0.29) is 34.9 Å². The summed E-state index contributed by atoms with van der Waals surface area (Å²) < 4.78 is 57.0. The lowest BCUT2D eigenvalue weighted by Gasteiger charge is -2.30. The van der Waals surface area contributed by atoms with Crippen LogP contribution in [0, 0.1) is 31.4 Å². The molecule has 0 unspecified atom stereocenters. The number of piperidine rings is 1. The van der Waals surface area contributed by atoms with Crippen LogP contribution in [-0.2, 0) is 21.2 Å². The molecular weight excluding hydrogens is 520 g/mol. The van der Waals surface area contributed by atoms with E-state index in [0.717, 1.165) is 42.7 Å². The van der Waals surface area contributed by atoms with Gasteiger partial charge in [0.1, 0.15) is 0 Å². The molecule has 0 N–H and O–H groups in total. The maximum Gasteiger partial charge on any atom is 0.264 e. The van der Waals surface area contributed by atoms with E-state index in [0.29, 0.717) is 28.6 Å². The van der Waals surface area contributed by atoms with Gasteiger partial charge in [-0.2, -0.15) is 0 Å². The summed E-state index contributed by atoms with van der Waals surface area (Å²) in [5.41, 5.74) is 0.866. The zero-order chi connectivity index (χ0) is 27.5. The van der Waals surface area contributed by atoms with Gasteiger partial charge in [-0.15, -0.1) is 0 Å². The Balaban J connectivity index is 1.76.